The van der Waals surface area contributed by atoms with E-state index in [1.165, 1.54) is 23.9 Å². The fourth-order valence-electron chi connectivity index (χ4n) is 3.23. The van der Waals surface area contributed by atoms with Crippen molar-refractivity contribution in [2.75, 3.05) is 25.2 Å². The fraction of sp³-hybridized carbons (Fsp3) is 0.263. The van der Waals surface area contributed by atoms with Gasteiger partial charge >= 0.3 is 5.97 Å². The molecule has 0 atom stereocenters. The Labute approximate surface area is 164 Å². The molecule has 8 nitrogen and oxygen atoms in total. The summed E-state index contributed by atoms with van der Waals surface area (Å²) < 4.78 is 40.1. The van der Waals surface area contributed by atoms with Crippen LogP contribution in [0.5, 0.6) is 5.88 Å². The van der Waals surface area contributed by atoms with Crippen LogP contribution in [0.4, 0.5) is 14.6 Å². The molecule has 150 valence electrons. The molecule has 1 aliphatic heterocycles. The normalized spacial score (nSPS) is 13.7. The van der Waals surface area contributed by atoms with Crippen molar-refractivity contribution in [2.45, 2.75) is 13.3 Å². The summed E-state index contributed by atoms with van der Waals surface area (Å²) in [6.07, 6.45) is 5.88. The Morgan fingerprint density at radius 3 is 2.90 bits per heavy atom. The van der Waals surface area contributed by atoms with Gasteiger partial charge in [-0.25, -0.2) is 28.1 Å². The first-order valence-electron chi connectivity index (χ1n) is 8.92. The molecule has 0 spiro atoms. The van der Waals surface area contributed by atoms with E-state index in [9.17, 15) is 13.6 Å². The molecule has 0 bridgehead atoms. The molecule has 4 rings (SSSR count). The summed E-state index contributed by atoms with van der Waals surface area (Å²) in [5, 5.41) is 3.97. The zero-order valence-electron chi connectivity index (χ0n) is 15.7. The highest BCUT2D eigenvalue weighted by Crippen LogP contribution is 2.35. The lowest BCUT2D eigenvalue weighted by molar-refractivity contribution is 0.0528. The summed E-state index contributed by atoms with van der Waals surface area (Å²) >= 11 is 0. The Bertz CT molecular complexity index is 1130. The number of methoxy groups -OCH3 is 1. The van der Waals surface area contributed by atoms with Crippen molar-refractivity contribution in [3.63, 3.8) is 0 Å². The van der Waals surface area contributed by atoms with Gasteiger partial charge in [0.05, 0.1) is 43.6 Å². The third-order valence-electron chi connectivity index (χ3n) is 4.45. The van der Waals surface area contributed by atoms with Gasteiger partial charge in [-0.15, -0.1) is 0 Å². The molecule has 0 unspecified atom stereocenters. The SMILES string of the molecule is CCOC(=O)c1cnn2cc(F)c(N3CCC=C3c3cc(F)cnc3OC)nc12. The highest BCUT2D eigenvalue weighted by molar-refractivity contribution is 5.96. The highest BCUT2D eigenvalue weighted by atomic mass is 19.1. The maximum absolute atomic E-state index is 14.9. The van der Waals surface area contributed by atoms with Crippen LogP contribution in [0, 0.1) is 11.6 Å². The van der Waals surface area contributed by atoms with Crippen molar-refractivity contribution in [2.24, 2.45) is 0 Å². The van der Waals surface area contributed by atoms with E-state index in [0.29, 0.717) is 24.2 Å². The van der Waals surface area contributed by atoms with Gasteiger partial charge in [-0.05, 0) is 19.4 Å². The molecule has 0 fully saturated rings. The molecule has 4 heterocycles. The van der Waals surface area contributed by atoms with E-state index in [0.717, 1.165) is 12.4 Å². The Morgan fingerprint density at radius 1 is 1.31 bits per heavy atom. The first-order valence-corrected chi connectivity index (χ1v) is 8.92. The number of rotatable bonds is 5. The van der Waals surface area contributed by atoms with Crippen LogP contribution in [0.1, 0.15) is 29.3 Å². The second kappa shape index (κ2) is 7.46. The average Bonchev–Trinajstić information content (AvgIpc) is 3.34. The molecule has 29 heavy (non-hydrogen) atoms. The zero-order valence-corrected chi connectivity index (χ0v) is 15.7. The van der Waals surface area contributed by atoms with Gasteiger partial charge in [-0.3, -0.25) is 0 Å². The maximum Gasteiger partial charge on any atom is 0.343 e. The van der Waals surface area contributed by atoms with Gasteiger partial charge in [-0.1, -0.05) is 6.08 Å². The molecule has 0 aliphatic carbocycles. The standard InChI is InChI=1S/C19H17F2N5O3/c1-3-29-19(27)13-9-23-26-10-14(21)17(24-16(13)26)25-6-4-5-15(25)12-7-11(20)8-22-18(12)28-2/h5,7-10H,3-4,6H2,1-2H3. The van der Waals surface area contributed by atoms with Crippen LogP contribution >= 0.6 is 0 Å². The Hall–Kier alpha value is -3.56. The van der Waals surface area contributed by atoms with Gasteiger partial charge in [0, 0.05) is 6.54 Å². The van der Waals surface area contributed by atoms with Gasteiger partial charge in [0.2, 0.25) is 5.88 Å². The third kappa shape index (κ3) is 3.26. The maximum atomic E-state index is 14.9. The van der Waals surface area contributed by atoms with Crippen molar-refractivity contribution < 1.29 is 23.0 Å². The first kappa shape index (κ1) is 18.8. The number of esters is 1. The Balaban J connectivity index is 1.81. The van der Waals surface area contributed by atoms with Crippen molar-refractivity contribution in [1.29, 1.82) is 0 Å². The summed E-state index contributed by atoms with van der Waals surface area (Å²) in [6, 6.07) is 1.27. The van der Waals surface area contributed by atoms with Crippen molar-refractivity contribution >= 4 is 23.1 Å². The van der Waals surface area contributed by atoms with Crippen LogP contribution in [-0.4, -0.2) is 45.8 Å². The average molecular weight is 401 g/mol. The minimum absolute atomic E-state index is 0.0152. The van der Waals surface area contributed by atoms with E-state index >= 15 is 0 Å². The lowest BCUT2D eigenvalue weighted by Gasteiger charge is -2.23. The summed E-state index contributed by atoms with van der Waals surface area (Å²) in [6.45, 7) is 2.29. The van der Waals surface area contributed by atoms with E-state index in [1.807, 2.05) is 6.08 Å². The number of hydrogen-bond donors (Lipinski definition) is 0. The Morgan fingerprint density at radius 2 is 2.14 bits per heavy atom. The second-order valence-corrected chi connectivity index (χ2v) is 6.20. The van der Waals surface area contributed by atoms with Gasteiger partial charge in [0.15, 0.2) is 17.3 Å². The molecule has 3 aromatic heterocycles. The highest BCUT2D eigenvalue weighted by Gasteiger charge is 2.27. The van der Waals surface area contributed by atoms with E-state index in [4.69, 9.17) is 9.47 Å². The van der Waals surface area contributed by atoms with Crippen LogP contribution in [0.2, 0.25) is 0 Å². The molecule has 0 saturated heterocycles. The molecular formula is C19H17F2N5O3. The lowest BCUT2D eigenvalue weighted by atomic mass is 10.2. The summed E-state index contributed by atoms with van der Waals surface area (Å²) in [5.74, 6) is -1.59. The van der Waals surface area contributed by atoms with Crippen LogP contribution in [-0.2, 0) is 4.74 Å². The molecule has 0 saturated carbocycles. The lowest BCUT2D eigenvalue weighted by Crippen LogP contribution is -2.22. The zero-order chi connectivity index (χ0) is 20.5. The minimum atomic E-state index is -0.646. The number of aromatic nitrogens is 4. The topological polar surface area (TPSA) is 81.8 Å². The van der Waals surface area contributed by atoms with Crippen LogP contribution < -0.4 is 9.64 Å². The number of pyridine rings is 1. The van der Waals surface area contributed by atoms with Crippen LogP contribution in [0.3, 0.4) is 0 Å². The minimum Gasteiger partial charge on any atom is -0.481 e. The van der Waals surface area contributed by atoms with E-state index in [-0.39, 0.29) is 29.5 Å². The van der Waals surface area contributed by atoms with Crippen molar-refractivity contribution in [1.82, 2.24) is 19.6 Å². The number of halogens is 2. The van der Waals surface area contributed by atoms with Gasteiger partial charge in [-0.2, -0.15) is 5.10 Å². The number of anilines is 1. The molecule has 0 aromatic carbocycles. The summed E-state index contributed by atoms with van der Waals surface area (Å²) in [4.78, 5) is 22.0. The third-order valence-corrected chi connectivity index (χ3v) is 4.45. The van der Waals surface area contributed by atoms with Crippen molar-refractivity contribution in [3.8, 4) is 5.88 Å². The monoisotopic (exact) mass is 401 g/mol. The molecule has 0 N–H and O–H groups in total. The summed E-state index contributed by atoms with van der Waals surface area (Å²) in [7, 11) is 1.42. The summed E-state index contributed by atoms with van der Waals surface area (Å²) in [5.41, 5.74) is 1.19. The molecule has 0 radical (unpaired) electrons. The molecule has 3 aromatic rings. The predicted octanol–water partition coefficient (Wildman–Crippen LogP) is 2.84. The first-order chi connectivity index (χ1) is 14.0. The van der Waals surface area contributed by atoms with E-state index < -0.39 is 17.6 Å². The second-order valence-electron chi connectivity index (χ2n) is 6.20. The number of hydrogen-bond acceptors (Lipinski definition) is 7. The number of carbonyl (C=O) groups is 1. The molecule has 10 heteroatoms. The van der Waals surface area contributed by atoms with Crippen molar-refractivity contribution in [3.05, 3.63) is 53.5 Å². The van der Waals surface area contributed by atoms with Crippen LogP contribution in [0.15, 0.2) is 30.7 Å². The van der Waals surface area contributed by atoms with E-state index in [1.54, 1.807) is 11.8 Å². The Kier molecular flexibility index (Phi) is 4.83. The van der Waals surface area contributed by atoms with Crippen LogP contribution in [0.25, 0.3) is 11.3 Å². The molecule has 1 aliphatic rings. The van der Waals surface area contributed by atoms with Gasteiger partial charge < -0.3 is 14.4 Å². The quantitative estimate of drug-likeness (QED) is 0.608. The van der Waals surface area contributed by atoms with Gasteiger partial charge in [0.25, 0.3) is 0 Å². The fourth-order valence-corrected chi connectivity index (χ4v) is 3.23. The number of nitrogens with zero attached hydrogens (tertiary/aromatic N) is 5. The number of ether oxygens (including phenoxy) is 2. The molecular weight excluding hydrogens is 384 g/mol. The number of carbonyl (C=O) groups excluding carboxylic acids is 1. The molecule has 0 amide bonds. The van der Waals surface area contributed by atoms with Gasteiger partial charge in [0.1, 0.15) is 11.4 Å². The number of fused-ring (bicyclic) bond motifs is 1. The smallest absolute Gasteiger partial charge is 0.343 e. The van der Waals surface area contributed by atoms with E-state index in [2.05, 4.69) is 15.1 Å². The predicted molar refractivity (Wildman–Crippen MR) is 99.6 cm³/mol. The largest absolute Gasteiger partial charge is 0.481 e.